The van der Waals surface area contributed by atoms with Crippen molar-refractivity contribution in [2.45, 2.75) is 19.8 Å². The van der Waals surface area contributed by atoms with Crippen LogP contribution < -0.4 is 15.8 Å². The highest BCUT2D eigenvalue weighted by Gasteiger charge is 2.03. The fourth-order valence-electron chi connectivity index (χ4n) is 1.91. The lowest BCUT2D eigenvalue weighted by Gasteiger charge is -2.08. The van der Waals surface area contributed by atoms with E-state index < -0.39 is 0 Å². The molecule has 0 aliphatic carbocycles. The molecule has 2 aromatic rings. The first-order valence-corrected chi connectivity index (χ1v) is 7.04. The van der Waals surface area contributed by atoms with Gasteiger partial charge in [-0.05, 0) is 36.2 Å². The Bertz CT molecular complexity index is 594. The van der Waals surface area contributed by atoms with Crippen molar-refractivity contribution in [1.29, 1.82) is 0 Å². The van der Waals surface area contributed by atoms with Crippen LogP contribution in [0.5, 0.6) is 5.75 Å². The fourth-order valence-corrected chi connectivity index (χ4v) is 1.91. The number of rotatable bonds is 6. The largest absolute Gasteiger partial charge is 0.493 e. The lowest BCUT2D eigenvalue weighted by atomic mass is 10.1. The lowest BCUT2D eigenvalue weighted by Crippen LogP contribution is -2.15. The Morgan fingerprint density at radius 2 is 1.95 bits per heavy atom. The first kappa shape index (κ1) is 14.9. The van der Waals surface area contributed by atoms with Crippen LogP contribution in [-0.4, -0.2) is 12.5 Å². The number of nitrogens with two attached hydrogens (primary N) is 1. The molecule has 3 N–H and O–H groups in total. The zero-order chi connectivity index (χ0) is 15.1. The lowest BCUT2D eigenvalue weighted by molar-refractivity contribution is -0.116. The SMILES string of the molecule is CCc1ccc(NC(=O)CCOc2cccc(N)c2)cc1. The summed E-state index contributed by atoms with van der Waals surface area (Å²) in [5.41, 5.74) is 8.36. The minimum atomic E-state index is -0.0665. The van der Waals surface area contributed by atoms with Gasteiger partial charge in [0.1, 0.15) is 5.75 Å². The number of nitrogen functional groups attached to an aromatic ring is 1. The van der Waals surface area contributed by atoms with Crippen LogP contribution in [0.2, 0.25) is 0 Å². The molecule has 2 aromatic carbocycles. The number of carbonyl (C=O) groups excluding carboxylic acids is 1. The first-order valence-electron chi connectivity index (χ1n) is 7.04. The number of anilines is 2. The molecule has 0 unspecified atom stereocenters. The normalized spacial score (nSPS) is 10.1. The molecule has 110 valence electrons. The molecule has 0 aromatic heterocycles. The second-order valence-corrected chi connectivity index (χ2v) is 4.77. The molecule has 4 nitrogen and oxygen atoms in total. The van der Waals surface area contributed by atoms with Crippen LogP contribution in [0.1, 0.15) is 18.9 Å². The van der Waals surface area contributed by atoms with E-state index in [0.29, 0.717) is 24.5 Å². The van der Waals surface area contributed by atoms with Crippen LogP contribution in [0.4, 0.5) is 11.4 Å². The maximum Gasteiger partial charge on any atom is 0.227 e. The fraction of sp³-hybridized carbons (Fsp3) is 0.235. The summed E-state index contributed by atoms with van der Waals surface area (Å²) in [4.78, 5) is 11.8. The second-order valence-electron chi connectivity index (χ2n) is 4.77. The Balaban J connectivity index is 1.76. The van der Waals surface area contributed by atoms with Crippen molar-refractivity contribution in [2.75, 3.05) is 17.7 Å². The third kappa shape index (κ3) is 4.84. The van der Waals surface area contributed by atoms with E-state index in [-0.39, 0.29) is 5.91 Å². The molecule has 0 atom stereocenters. The number of aryl methyl sites for hydroxylation is 1. The van der Waals surface area contributed by atoms with Gasteiger partial charge in [-0.3, -0.25) is 4.79 Å². The highest BCUT2D eigenvalue weighted by molar-refractivity contribution is 5.90. The molecule has 0 fully saturated rings. The average Bonchev–Trinajstić information content (AvgIpc) is 2.48. The number of hydrogen-bond acceptors (Lipinski definition) is 3. The molecule has 0 spiro atoms. The molecule has 21 heavy (non-hydrogen) atoms. The van der Waals surface area contributed by atoms with Gasteiger partial charge in [0.05, 0.1) is 13.0 Å². The number of hydrogen-bond donors (Lipinski definition) is 2. The van der Waals surface area contributed by atoms with E-state index in [9.17, 15) is 4.79 Å². The summed E-state index contributed by atoms with van der Waals surface area (Å²) < 4.78 is 5.49. The van der Waals surface area contributed by atoms with Gasteiger partial charge in [-0.2, -0.15) is 0 Å². The minimum Gasteiger partial charge on any atom is -0.493 e. The standard InChI is InChI=1S/C17H20N2O2/c1-2-13-6-8-15(9-7-13)19-17(20)10-11-21-16-5-3-4-14(18)12-16/h3-9,12H,2,10-11,18H2,1H3,(H,19,20). The highest BCUT2D eigenvalue weighted by Crippen LogP contribution is 2.15. The van der Waals surface area contributed by atoms with E-state index in [2.05, 4.69) is 12.2 Å². The van der Waals surface area contributed by atoms with Crippen LogP contribution in [0, 0.1) is 0 Å². The Hall–Kier alpha value is -2.49. The summed E-state index contributed by atoms with van der Waals surface area (Å²) >= 11 is 0. The van der Waals surface area contributed by atoms with Gasteiger partial charge in [0.25, 0.3) is 0 Å². The Kier molecular flexibility index (Phi) is 5.21. The van der Waals surface area contributed by atoms with E-state index in [0.717, 1.165) is 12.1 Å². The first-order chi connectivity index (χ1) is 10.2. The predicted molar refractivity (Wildman–Crippen MR) is 85.4 cm³/mol. The smallest absolute Gasteiger partial charge is 0.227 e. The molecule has 0 aliphatic rings. The number of nitrogens with one attached hydrogen (secondary N) is 1. The Morgan fingerprint density at radius 1 is 1.19 bits per heavy atom. The van der Waals surface area contributed by atoms with Crippen LogP contribution in [-0.2, 0) is 11.2 Å². The van der Waals surface area contributed by atoms with Crippen molar-refractivity contribution in [1.82, 2.24) is 0 Å². The predicted octanol–water partition coefficient (Wildman–Crippen LogP) is 3.24. The molecular weight excluding hydrogens is 264 g/mol. The Morgan fingerprint density at radius 3 is 2.62 bits per heavy atom. The summed E-state index contributed by atoms with van der Waals surface area (Å²) in [6, 6.07) is 15.0. The van der Waals surface area contributed by atoms with E-state index >= 15 is 0 Å². The topological polar surface area (TPSA) is 64.3 Å². The maximum atomic E-state index is 11.8. The zero-order valence-electron chi connectivity index (χ0n) is 12.1. The molecule has 0 heterocycles. The highest BCUT2D eigenvalue weighted by atomic mass is 16.5. The molecule has 0 aliphatic heterocycles. The maximum absolute atomic E-state index is 11.8. The third-order valence-corrected chi connectivity index (χ3v) is 3.10. The van der Waals surface area contributed by atoms with Gasteiger partial charge in [0.15, 0.2) is 0 Å². The van der Waals surface area contributed by atoms with Gasteiger partial charge in [-0.1, -0.05) is 25.1 Å². The zero-order valence-corrected chi connectivity index (χ0v) is 12.1. The summed E-state index contributed by atoms with van der Waals surface area (Å²) in [7, 11) is 0. The van der Waals surface area contributed by atoms with Crippen LogP contribution in [0.15, 0.2) is 48.5 Å². The molecule has 0 saturated heterocycles. The average molecular weight is 284 g/mol. The van der Waals surface area contributed by atoms with Gasteiger partial charge in [-0.25, -0.2) is 0 Å². The van der Waals surface area contributed by atoms with Crippen molar-refractivity contribution in [2.24, 2.45) is 0 Å². The summed E-state index contributed by atoms with van der Waals surface area (Å²) in [6.07, 6.45) is 1.28. The Labute approximate surface area is 124 Å². The summed E-state index contributed by atoms with van der Waals surface area (Å²) in [5.74, 6) is 0.609. The van der Waals surface area contributed by atoms with Crippen molar-refractivity contribution >= 4 is 17.3 Å². The molecule has 0 bridgehead atoms. The molecule has 2 rings (SSSR count). The second kappa shape index (κ2) is 7.33. The van der Waals surface area contributed by atoms with Crippen LogP contribution >= 0.6 is 0 Å². The molecule has 4 heteroatoms. The molecular formula is C17H20N2O2. The van der Waals surface area contributed by atoms with Crippen molar-refractivity contribution < 1.29 is 9.53 Å². The summed E-state index contributed by atoms with van der Waals surface area (Å²) in [5, 5.41) is 2.85. The van der Waals surface area contributed by atoms with Crippen molar-refractivity contribution in [3.05, 3.63) is 54.1 Å². The van der Waals surface area contributed by atoms with Gasteiger partial charge in [0, 0.05) is 17.4 Å². The number of ether oxygens (including phenoxy) is 1. The van der Waals surface area contributed by atoms with E-state index in [1.807, 2.05) is 36.4 Å². The van der Waals surface area contributed by atoms with Gasteiger partial charge in [-0.15, -0.1) is 0 Å². The monoisotopic (exact) mass is 284 g/mol. The number of benzene rings is 2. The van der Waals surface area contributed by atoms with Gasteiger partial charge >= 0.3 is 0 Å². The van der Waals surface area contributed by atoms with E-state index in [1.54, 1.807) is 12.1 Å². The van der Waals surface area contributed by atoms with E-state index in [1.165, 1.54) is 5.56 Å². The van der Waals surface area contributed by atoms with Gasteiger partial charge in [0.2, 0.25) is 5.91 Å². The summed E-state index contributed by atoms with van der Waals surface area (Å²) in [6.45, 7) is 2.42. The molecule has 0 radical (unpaired) electrons. The number of carbonyl (C=O) groups is 1. The third-order valence-electron chi connectivity index (χ3n) is 3.10. The molecule has 0 saturated carbocycles. The van der Waals surface area contributed by atoms with Crippen LogP contribution in [0.25, 0.3) is 0 Å². The van der Waals surface area contributed by atoms with Gasteiger partial charge < -0.3 is 15.8 Å². The quantitative estimate of drug-likeness (QED) is 0.800. The van der Waals surface area contributed by atoms with Crippen molar-refractivity contribution in [3.63, 3.8) is 0 Å². The minimum absolute atomic E-state index is 0.0665. The molecule has 1 amide bonds. The van der Waals surface area contributed by atoms with Crippen LogP contribution in [0.3, 0.4) is 0 Å². The van der Waals surface area contributed by atoms with E-state index in [4.69, 9.17) is 10.5 Å². The van der Waals surface area contributed by atoms with Crippen molar-refractivity contribution in [3.8, 4) is 5.75 Å². The number of amides is 1.